The van der Waals surface area contributed by atoms with Gasteiger partial charge in [-0.2, -0.15) is 0 Å². The molecule has 0 aliphatic rings. The first-order valence-corrected chi connectivity index (χ1v) is 10.2. The summed E-state index contributed by atoms with van der Waals surface area (Å²) in [7, 11) is 1.65. The number of urea groups is 1. The molecule has 6 heteroatoms. The maximum atomic E-state index is 13.5. The number of ether oxygens (including phenoxy) is 1. The van der Waals surface area contributed by atoms with Crippen LogP contribution in [0.4, 0.5) is 9.18 Å². The zero-order chi connectivity index (χ0) is 21.2. The first-order valence-electron chi connectivity index (χ1n) is 10.2. The molecular formula is C23H32FN3O2. The Hall–Kier alpha value is -2.60. The van der Waals surface area contributed by atoms with Gasteiger partial charge in [0.1, 0.15) is 11.6 Å². The van der Waals surface area contributed by atoms with Gasteiger partial charge in [-0.15, -0.1) is 0 Å². The molecule has 1 N–H and O–H groups in total. The van der Waals surface area contributed by atoms with E-state index in [9.17, 15) is 9.18 Å². The van der Waals surface area contributed by atoms with Gasteiger partial charge >= 0.3 is 6.03 Å². The van der Waals surface area contributed by atoms with Crippen molar-refractivity contribution in [3.05, 3.63) is 65.5 Å². The van der Waals surface area contributed by atoms with E-state index < -0.39 is 0 Å². The SMILES string of the molecule is CCN(Cc1cccc(F)c1)C(=O)NC[C@@H](c1cccc(OC)c1)N(CC)CC. The second-order valence-corrected chi connectivity index (χ2v) is 6.84. The van der Waals surface area contributed by atoms with Crippen molar-refractivity contribution in [2.75, 3.05) is 33.3 Å². The second-order valence-electron chi connectivity index (χ2n) is 6.84. The standard InChI is InChI=1S/C23H32FN3O2/c1-5-26(6-2)22(19-11-9-13-21(15-19)29-4)16-25-23(28)27(7-3)17-18-10-8-12-20(24)14-18/h8-15,22H,5-7,16-17H2,1-4H3,(H,25,28)/t22-/m0/s1. The van der Waals surface area contributed by atoms with E-state index in [-0.39, 0.29) is 17.9 Å². The Labute approximate surface area is 173 Å². The zero-order valence-electron chi connectivity index (χ0n) is 17.8. The minimum Gasteiger partial charge on any atom is -0.497 e. The van der Waals surface area contributed by atoms with Crippen molar-refractivity contribution >= 4 is 6.03 Å². The number of carbonyl (C=O) groups is 1. The lowest BCUT2D eigenvalue weighted by Crippen LogP contribution is -2.44. The molecule has 158 valence electrons. The summed E-state index contributed by atoms with van der Waals surface area (Å²) in [5.74, 6) is 0.505. The molecule has 0 saturated heterocycles. The number of nitrogens with zero attached hydrogens (tertiary/aromatic N) is 2. The predicted molar refractivity (Wildman–Crippen MR) is 115 cm³/mol. The number of rotatable bonds is 10. The van der Waals surface area contributed by atoms with E-state index in [1.165, 1.54) is 12.1 Å². The van der Waals surface area contributed by atoms with Gasteiger partial charge < -0.3 is 15.0 Å². The van der Waals surface area contributed by atoms with Crippen molar-refractivity contribution in [1.82, 2.24) is 15.1 Å². The maximum absolute atomic E-state index is 13.5. The number of benzene rings is 2. The summed E-state index contributed by atoms with van der Waals surface area (Å²) in [6.45, 7) is 9.27. The van der Waals surface area contributed by atoms with E-state index in [0.29, 0.717) is 19.6 Å². The van der Waals surface area contributed by atoms with E-state index in [2.05, 4.69) is 30.1 Å². The fourth-order valence-electron chi connectivity index (χ4n) is 3.45. The highest BCUT2D eigenvalue weighted by Gasteiger charge is 2.21. The number of carbonyl (C=O) groups excluding carboxylic acids is 1. The number of methoxy groups -OCH3 is 1. The number of likely N-dealkylation sites (N-methyl/N-ethyl adjacent to an activating group) is 1. The molecule has 0 aromatic heterocycles. The number of nitrogens with one attached hydrogen (secondary N) is 1. The number of hydrogen-bond donors (Lipinski definition) is 1. The van der Waals surface area contributed by atoms with Crippen molar-refractivity contribution in [3.8, 4) is 5.75 Å². The van der Waals surface area contributed by atoms with Gasteiger partial charge in [0, 0.05) is 19.6 Å². The van der Waals surface area contributed by atoms with Crippen molar-refractivity contribution in [3.63, 3.8) is 0 Å². The lowest BCUT2D eigenvalue weighted by atomic mass is 10.0. The van der Waals surface area contributed by atoms with Gasteiger partial charge in [-0.05, 0) is 55.4 Å². The molecule has 1 atom stereocenters. The van der Waals surface area contributed by atoms with Gasteiger partial charge in [-0.1, -0.05) is 38.1 Å². The Morgan fingerprint density at radius 3 is 2.41 bits per heavy atom. The van der Waals surface area contributed by atoms with Gasteiger partial charge in [0.05, 0.1) is 13.2 Å². The van der Waals surface area contributed by atoms with Crippen LogP contribution in [0.2, 0.25) is 0 Å². The summed E-state index contributed by atoms with van der Waals surface area (Å²) in [6.07, 6.45) is 0. The summed E-state index contributed by atoms with van der Waals surface area (Å²) >= 11 is 0. The second kappa shape index (κ2) is 11.4. The molecular weight excluding hydrogens is 369 g/mol. The molecule has 0 fully saturated rings. The Kier molecular flexibility index (Phi) is 8.93. The fourth-order valence-corrected chi connectivity index (χ4v) is 3.45. The monoisotopic (exact) mass is 401 g/mol. The van der Waals surface area contributed by atoms with Crippen LogP contribution >= 0.6 is 0 Å². The molecule has 2 aromatic carbocycles. The van der Waals surface area contributed by atoms with Crippen LogP contribution in [0.15, 0.2) is 48.5 Å². The van der Waals surface area contributed by atoms with Crippen LogP contribution in [0.5, 0.6) is 5.75 Å². The Morgan fingerprint density at radius 1 is 1.07 bits per heavy atom. The molecule has 0 radical (unpaired) electrons. The molecule has 29 heavy (non-hydrogen) atoms. The largest absolute Gasteiger partial charge is 0.497 e. The van der Waals surface area contributed by atoms with Crippen LogP contribution < -0.4 is 10.1 Å². The van der Waals surface area contributed by atoms with Crippen molar-refractivity contribution in [2.24, 2.45) is 0 Å². The minimum atomic E-state index is -0.293. The molecule has 0 unspecified atom stereocenters. The van der Waals surface area contributed by atoms with Crippen LogP contribution in [0.1, 0.15) is 37.9 Å². The topological polar surface area (TPSA) is 44.8 Å². The highest BCUT2D eigenvalue weighted by atomic mass is 19.1. The quantitative estimate of drug-likeness (QED) is 0.640. The third-order valence-corrected chi connectivity index (χ3v) is 5.11. The van der Waals surface area contributed by atoms with Gasteiger partial charge in [-0.25, -0.2) is 9.18 Å². The molecule has 0 bridgehead atoms. The van der Waals surface area contributed by atoms with E-state index in [1.54, 1.807) is 18.1 Å². The number of amides is 2. The normalized spacial score (nSPS) is 11.9. The van der Waals surface area contributed by atoms with Crippen LogP contribution in [0.25, 0.3) is 0 Å². The molecule has 2 aromatic rings. The highest BCUT2D eigenvalue weighted by molar-refractivity contribution is 5.74. The van der Waals surface area contributed by atoms with Gasteiger partial charge in [0.2, 0.25) is 0 Å². The van der Waals surface area contributed by atoms with Gasteiger partial charge in [0.25, 0.3) is 0 Å². The lowest BCUT2D eigenvalue weighted by Gasteiger charge is -2.31. The Balaban J connectivity index is 2.10. The van der Waals surface area contributed by atoms with E-state index in [1.807, 2.05) is 31.2 Å². The third-order valence-electron chi connectivity index (χ3n) is 5.11. The number of halogens is 1. The Bertz CT molecular complexity index is 780. The minimum absolute atomic E-state index is 0.0388. The summed E-state index contributed by atoms with van der Waals surface area (Å²) in [4.78, 5) is 16.8. The predicted octanol–water partition coefficient (Wildman–Crippen LogP) is 4.45. The van der Waals surface area contributed by atoms with Crippen molar-refractivity contribution in [2.45, 2.75) is 33.4 Å². The maximum Gasteiger partial charge on any atom is 0.317 e. The summed E-state index contributed by atoms with van der Waals surface area (Å²) in [5, 5.41) is 3.06. The average Bonchev–Trinajstić information content (AvgIpc) is 2.74. The van der Waals surface area contributed by atoms with E-state index in [0.717, 1.165) is 30.0 Å². The zero-order valence-corrected chi connectivity index (χ0v) is 17.8. The average molecular weight is 402 g/mol. The van der Waals surface area contributed by atoms with Crippen molar-refractivity contribution in [1.29, 1.82) is 0 Å². The summed E-state index contributed by atoms with van der Waals surface area (Å²) in [6, 6.07) is 14.2. The first-order chi connectivity index (χ1) is 14.0. The molecule has 0 spiro atoms. The number of hydrogen-bond acceptors (Lipinski definition) is 3. The van der Waals surface area contributed by atoms with Crippen LogP contribution in [0.3, 0.4) is 0 Å². The molecule has 2 rings (SSSR count). The third kappa shape index (κ3) is 6.46. The fraction of sp³-hybridized carbons (Fsp3) is 0.435. The molecule has 5 nitrogen and oxygen atoms in total. The van der Waals surface area contributed by atoms with Crippen LogP contribution in [0, 0.1) is 5.82 Å². The van der Waals surface area contributed by atoms with Crippen LogP contribution in [-0.4, -0.2) is 49.1 Å². The smallest absolute Gasteiger partial charge is 0.317 e. The molecule has 0 heterocycles. The first kappa shape index (κ1) is 22.7. The summed E-state index contributed by atoms with van der Waals surface area (Å²) in [5.41, 5.74) is 1.87. The molecule has 2 amide bonds. The van der Waals surface area contributed by atoms with Crippen LogP contribution in [-0.2, 0) is 6.54 Å². The van der Waals surface area contributed by atoms with Gasteiger partial charge in [0.15, 0.2) is 0 Å². The summed E-state index contributed by atoms with van der Waals surface area (Å²) < 4.78 is 18.8. The van der Waals surface area contributed by atoms with Gasteiger partial charge in [-0.3, -0.25) is 4.90 Å². The molecule has 0 aliphatic heterocycles. The molecule has 0 saturated carbocycles. The molecule has 0 aliphatic carbocycles. The van der Waals surface area contributed by atoms with Crippen molar-refractivity contribution < 1.29 is 13.9 Å². The van der Waals surface area contributed by atoms with E-state index >= 15 is 0 Å². The lowest BCUT2D eigenvalue weighted by molar-refractivity contribution is 0.182. The Morgan fingerprint density at radius 2 is 1.79 bits per heavy atom. The van der Waals surface area contributed by atoms with E-state index in [4.69, 9.17) is 4.74 Å². The highest BCUT2D eigenvalue weighted by Crippen LogP contribution is 2.24.